The maximum absolute atomic E-state index is 10.5. The molecule has 0 saturated heterocycles. The Morgan fingerprint density at radius 3 is 2.44 bits per heavy atom. The Bertz CT molecular complexity index is 555. The van der Waals surface area contributed by atoms with Crippen molar-refractivity contribution in [2.45, 2.75) is 26.9 Å². The van der Waals surface area contributed by atoms with Gasteiger partial charge in [-0.25, -0.2) is 0 Å². The molecule has 3 heteroatoms. The number of aliphatic hydroxyl groups excluding tert-OH is 1. The van der Waals surface area contributed by atoms with Gasteiger partial charge in [0.25, 0.3) is 0 Å². The first-order chi connectivity index (χ1) is 8.54. The van der Waals surface area contributed by atoms with Crippen LogP contribution in [0.2, 0.25) is 0 Å². The molecule has 0 aliphatic rings. The van der Waals surface area contributed by atoms with Crippen LogP contribution in [0.15, 0.2) is 28.7 Å². The molecule has 0 aliphatic carbocycles. The fourth-order valence-electron chi connectivity index (χ4n) is 2.19. The molecule has 0 amide bonds. The topological polar surface area (TPSA) is 42.6 Å². The van der Waals surface area contributed by atoms with Crippen LogP contribution in [0.1, 0.15) is 34.3 Å². The lowest BCUT2D eigenvalue weighted by Crippen LogP contribution is -2.02. The Hall–Kier alpha value is -1.74. The molecule has 1 aromatic heterocycles. The van der Waals surface area contributed by atoms with E-state index in [4.69, 9.17) is 9.15 Å². The Labute approximate surface area is 107 Å². The Kier molecular flexibility index (Phi) is 3.43. The number of rotatable bonds is 3. The number of benzene rings is 1. The summed E-state index contributed by atoms with van der Waals surface area (Å²) in [6.45, 7) is 5.74. The fraction of sp³-hybridized carbons (Fsp3) is 0.333. The van der Waals surface area contributed by atoms with E-state index in [9.17, 15) is 5.11 Å². The van der Waals surface area contributed by atoms with E-state index in [-0.39, 0.29) is 0 Å². The molecule has 3 nitrogen and oxygen atoms in total. The number of hydrogen-bond acceptors (Lipinski definition) is 3. The number of methoxy groups -OCH3 is 1. The van der Waals surface area contributed by atoms with Gasteiger partial charge in [-0.3, -0.25) is 0 Å². The lowest BCUT2D eigenvalue weighted by Gasteiger charge is -2.12. The molecular weight excluding hydrogens is 228 g/mol. The van der Waals surface area contributed by atoms with Crippen molar-refractivity contribution < 1.29 is 14.3 Å². The molecular formula is C15H18O3. The summed E-state index contributed by atoms with van der Waals surface area (Å²) in [5.41, 5.74) is 2.66. The lowest BCUT2D eigenvalue weighted by atomic mass is 9.98. The summed E-state index contributed by atoms with van der Waals surface area (Å²) < 4.78 is 10.7. The van der Waals surface area contributed by atoms with Gasteiger partial charge in [0.1, 0.15) is 23.4 Å². The quantitative estimate of drug-likeness (QED) is 0.903. The van der Waals surface area contributed by atoms with E-state index >= 15 is 0 Å². The second-order valence-electron chi connectivity index (χ2n) is 4.43. The molecule has 0 bridgehead atoms. The average Bonchev–Trinajstić information content (AvgIpc) is 2.62. The highest BCUT2D eigenvalue weighted by atomic mass is 16.5. The van der Waals surface area contributed by atoms with Crippen LogP contribution >= 0.6 is 0 Å². The van der Waals surface area contributed by atoms with Crippen molar-refractivity contribution in [1.29, 1.82) is 0 Å². The fourth-order valence-corrected chi connectivity index (χ4v) is 2.19. The van der Waals surface area contributed by atoms with Gasteiger partial charge in [-0.15, -0.1) is 0 Å². The Morgan fingerprint density at radius 2 is 1.89 bits per heavy atom. The zero-order valence-corrected chi connectivity index (χ0v) is 11.2. The predicted molar refractivity (Wildman–Crippen MR) is 70.0 cm³/mol. The first kappa shape index (κ1) is 12.7. The number of furan rings is 1. The largest absolute Gasteiger partial charge is 0.497 e. The van der Waals surface area contributed by atoms with E-state index in [1.54, 1.807) is 7.11 Å². The van der Waals surface area contributed by atoms with Gasteiger partial charge in [0.2, 0.25) is 0 Å². The first-order valence-electron chi connectivity index (χ1n) is 5.93. The molecule has 96 valence electrons. The molecule has 1 atom stereocenters. The maximum atomic E-state index is 10.5. The van der Waals surface area contributed by atoms with Crippen molar-refractivity contribution >= 4 is 0 Å². The summed E-state index contributed by atoms with van der Waals surface area (Å²) in [6.07, 6.45) is -0.683. The van der Waals surface area contributed by atoms with E-state index < -0.39 is 6.10 Å². The number of aryl methyl sites for hydroxylation is 2. The second-order valence-corrected chi connectivity index (χ2v) is 4.43. The van der Waals surface area contributed by atoms with E-state index in [0.717, 1.165) is 34.0 Å². The van der Waals surface area contributed by atoms with Crippen LogP contribution in [0.25, 0.3) is 0 Å². The summed E-state index contributed by atoms with van der Waals surface area (Å²) in [5.74, 6) is 2.35. The molecule has 1 aromatic carbocycles. The number of aliphatic hydroxyl groups is 1. The zero-order chi connectivity index (χ0) is 13.3. The van der Waals surface area contributed by atoms with E-state index in [2.05, 4.69) is 0 Å². The molecule has 0 radical (unpaired) electrons. The van der Waals surface area contributed by atoms with Crippen molar-refractivity contribution in [3.8, 4) is 5.75 Å². The summed E-state index contributed by atoms with van der Waals surface area (Å²) >= 11 is 0. The van der Waals surface area contributed by atoms with Crippen LogP contribution in [0.3, 0.4) is 0 Å². The van der Waals surface area contributed by atoms with Gasteiger partial charge in [-0.2, -0.15) is 0 Å². The van der Waals surface area contributed by atoms with Crippen LogP contribution in [-0.2, 0) is 0 Å². The molecule has 1 N–H and O–H groups in total. The molecule has 0 aliphatic heterocycles. The predicted octanol–water partition coefficient (Wildman–Crippen LogP) is 3.30. The van der Waals surface area contributed by atoms with Crippen molar-refractivity contribution in [3.63, 3.8) is 0 Å². The number of ether oxygens (including phenoxy) is 1. The Balaban J connectivity index is 2.44. The molecule has 0 saturated carbocycles. The van der Waals surface area contributed by atoms with Crippen LogP contribution in [-0.4, -0.2) is 12.2 Å². The highest BCUT2D eigenvalue weighted by Crippen LogP contribution is 2.32. The molecule has 2 aromatic rings. The summed E-state index contributed by atoms with van der Waals surface area (Å²) in [7, 11) is 1.62. The van der Waals surface area contributed by atoms with Crippen molar-refractivity contribution in [2.24, 2.45) is 0 Å². The van der Waals surface area contributed by atoms with E-state index in [1.807, 2.05) is 45.0 Å². The lowest BCUT2D eigenvalue weighted by molar-refractivity contribution is 0.217. The van der Waals surface area contributed by atoms with Crippen molar-refractivity contribution in [2.75, 3.05) is 7.11 Å². The van der Waals surface area contributed by atoms with Crippen molar-refractivity contribution in [3.05, 3.63) is 52.5 Å². The monoisotopic (exact) mass is 246 g/mol. The van der Waals surface area contributed by atoms with Crippen molar-refractivity contribution in [1.82, 2.24) is 0 Å². The van der Waals surface area contributed by atoms with Gasteiger partial charge >= 0.3 is 0 Å². The number of hydrogen-bond donors (Lipinski definition) is 1. The third-order valence-corrected chi connectivity index (χ3v) is 3.30. The SMILES string of the molecule is COc1cccc(C(O)c2c(C)oc(C)c2C)c1. The highest BCUT2D eigenvalue weighted by Gasteiger charge is 2.20. The minimum atomic E-state index is -0.683. The van der Waals surface area contributed by atoms with Gasteiger partial charge < -0.3 is 14.3 Å². The standard InChI is InChI=1S/C15H18O3/c1-9-10(2)18-11(3)14(9)15(16)12-6-5-7-13(8-12)17-4/h5-8,15-16H,1-4H3. The second kappa shape index (κ2) is 4.86. The summed E-state index contributed by atoms with van der Waals surface area (Å²) in [6, 6.07) is 7.45. The van der Waals surface area contributed by atoms with Crippen LogP contribution in [0, 0.1) is 20.8 Å². The van der Waals surface area contributed by atoms with E-state index in [0.29, 0.717) is 0 Å². The molecule has 1 unspecified atom stereocenters. The molecule has 2 rings (SSSR count). The normalized spacial score (nSPS) is 12.5. The summed E-state index contributed by atoms with van der Waals surface area (Å²) in [4.78, 5) is 0. The molecule has 1 heterocycles. The van der Waals surface area contributed by atoms with Crippen LogP contribution < -0.4 is 4.74 Å². The molecule has 18 heavy (non-hydrogen) atoms. The Morgan fingerprint density at radius 1 is 1.17 bits per heavy atom. The molecule has 0 spiro atoms. The van der Waals surface area contributed by atoms with E-state index in [1.165, 1.54) is 0 Å². The average molecular weight is 246 g/mol. The van der Waals surface area contributed by atoms with Gasteiger partial charge in [-0.05, 0) is 44.0 Å². The highest BCUT2D eigenvalue weighted by molar-refractivity contribution is 5.41. The third-order valence-electron chi connectivity index (χ3n) is 3.30. The molecule has 0 fully saturated rings. The van der Waals surface area contributed by atoms with Gasteiger partial charge in [0, 0.05) is 5.56 Å². The van der Waals surface area contributed by atoms with Crippen LogP contribution in [0.5, 0.6) is 5.75 Å². The zero-order valence-electron chi connectivity index (χ0n) is 11.2. The third kappa shape index (κ3) is 2.14. The summed E-state index contributed by atoms with van der Waals surface area (Å²) in [5, 5.41) is 10.5. The maximum Gasteiger partial charge on any atom is 0.119 e. The van der Waals surface area contributed by atoms with Gasteiger partial charge in [0.15, 0.2) is 0 Å². The minimum Gasteiger partial charge on any atom is -0.497 e. The van der Waals surface area contributed by atoms with Crippen LogP contribution in [0.4, 0.5) is 0 Å². The smallest absolute Gasteiger partial charge is 0.119 e. The van der Waals surface area contributed by atoms with Gasteiger partial charge in [0.05, 0.1) is 7.11 Å². The van der Waals surface area contributed by atoms with Gasteiger partial charge in [-0.1, -0.05) is 12.1 Å². The first-order valence-corrected chi connectivity index (χ1v) is 5.93. The minimum absolute atomic E-state index is 0.683.